The Labute approximate surface area is 257 Å². The number of ether oxygens (including phenoxy) is 2. The zero-order chi connectivity index (χ0) is 31.1. The van der Waals surface area contributed by atoms with E-state index in [0.29, 0.717) is 39.0 Å². The number of benzene rings is 2. The van der Waals surface area contributed by atoms with Crippen molar-refractivity contribution in [3.8, 4) is 17.6 Å². The van der Waals surface area contributed by atoms with Crippen LogP contribution < -0.4 is 15.4 Å². The maximum Gasteiger partial charge on any atom is 0.406 e. The second-order valence-corrected chi connectivity index (χ2v) is 15.0. The van der Waals surface area contributed by atoms with Gasteiger partial charge in [-0.15, -0.1) is 0 Å². The lowest BCUT2D eigenvalue weighted by Crippen LogP contribution is -2.68. The average Bonchev–Trinajstić information content (AvgIpc) is 3.26. The third-order valence-corrected chi connectivity index (χ3v) is 10.3. The van der Waals surface area contributed by atoms with Gasteiger partial charge < -0.3 is 24.7 Å². The molecule has 2 N–H and O–H groups in total. The molecule has 3 fully saturated rings. The minimum absolute atomic E-state index is 0.175. The second kappa shape index (κ2) is 11.9. The molecule has 1 aliphatic carbocycles. The van der Waals surface area contributed by atoms with Gasteiger partial charge in [0.1, 0.15) is 12.3 Å². The lowest BCUT2D eigenvalue weighted by Gasteiger charge is -2.58. The molecule has 1 spiro atoms. The molecule has 0 radical (unpaired) electrons. The molecule has 1 atom stereocenters. The van der Waals surface area contributed by atoms with E-state index in [0.717, 1.165) is 63.1 Å². The molecule has 7 nitrogen and oxygen atoms in total. The highest BCUT2D eigenvalue weighted by atomic mass is 32.2. The quantitative estimate of drug-likeness (QED) is 0.256. The summed E-state index contributed by atoms with van der Waals surface area (Å²) in [6, 6.07) is 13.2. The van der Waals surface area contributed by atoms with Crippen molar-refractivity contribution < 1.29 is 26.9 Å². The number of hydrogen-bond acceptors (Lipinski definition) is 6. The molecule has 2 aliphatic heterocycles. The van der Waals surface area contributed by atoms with E-state index in [4.69, 9.17) is 9.47 Å². The normalized spacial score (nSPS) is 22.8. The predicted molar refractivity (Wildman–Crippen MR) is 170 cm³/mol. The van der Waals surface area contributed by atoms with Crippen LogP contribution in [0.2, 0.25) is 0 Å². The summed E-state index contributed by atoms with van der Waals surface area (Å²) in [4.78, 5) is 3.15. The van der Waals surface area contributed by atoms with E-state index in [-0.39, 0.29) is 12.6 Å². The van der Waals surface area contributed by atoms with Gasteiger partial charge in [0, 0.05) is 52.8 Å². The number of likely N-dealkylation sites (tertiary alicyclic amines) is 1. The van der Waals surface area contributed by atoms with E-state index in [1.54, 1.807) is 42.7 Å². The Morgan fingerprint density at radius 2 is 1.86 bits per heavy atom. The van der Waals surface area contributed by atoms with Crippen molar-refractivity contribution in [3.05, 3.63) is 48.2 Å². The summed E-state index contributed by atoms with van der Waals surface area (Å²) in [5.41, 5.74) is 2.69. The van der Waals surface area contributed by atoms with Crippen LogP contribution in [0.4, 0.5) is 24.5 Å². The van der Waals surface area contributed by atoms with Gasteiger partial charge >= 0.3 is 6.18 Å². The molecule has 0 amide bonds. The van der Waals surface area contributed by atoms with Gasteiger partial charge in [0.25, 0.3) is 0 Å². The molecule has 1 saturated carbocycles. The van der Waals surface area contributed by atoms with Crippen molar-refractivity contribution >= 4 is 37.7 Å². The first kappa shape index (κ1) is 30.7. The van der Waals surface area contributed by atoms with Crippen LogP contribution >= 0.6 is 0 Å². The highest BCUT2D eigenvalue weighted by Crippen LogP contribution is 2.41. The van der Waals surface area contributed by atoms with Crippen LogP contribution in [0.3, 0.4) is 0 Å². The van der Waals surface area contributed by atoms with Gasteiger partial charge in [0.05, 0.1) is 43.8 Å². The molecule has 11 heteroatoms. The Hall–Kier alpha value is -3.33. The number of methoxy groups -OCH3 is 1. The van der Waals surface area contributed by atoms with Crippen molar-refractivity contribution in [2.24, 2.45) is 5.41 Å². The molecular formula is C33H39F3N4O3S. The van der Waals surface area contributed by atoms with Gasteiger partial charge in [-0.25, -0.2) is 0 Å². The van der Waals surface area contributed by atoms with Crippen LogP contribution in [-0.4, -0.2) is 84.0 Å². The summed E-state index contributed by atoms with van der Waals surface area (Å²) in [6.45, 7) is 3.12. The monoisotopic (exact) mass is 628 g/mol. The molecule has 3 aliphatic rings. The van der Waals surface area contributed by atoms with Gasteiger partial charge in [-0.1, -0.05) is 12.0 Å². The van der Waals surface area contributed by atoms with Gasteiger partial charge in [-0.3, -0.25) is 9.11 Å². The number of halogens is 3. The zero-order valence-corrected chi connectivity index (χ0v) is 26.0. The van der Waals surface area contributed by atoms with Crippen LogP contribution in [-0.2, 0) is 20.8 Å². The minimum Gasteiger partial charge on any atom is -0.495 e. The van der Waals surface area contributed by atoms with Gasteiger partial charge in [-0.2, -0.15) is 13.2 Å². The van der Waals surface area contributed by atoms with Crippen LogP contribution in [0.25, 0.3) is 10.9 Å². The third kappa shape index (κ3) is 6.53. The van der Waals surface area contributed by atoms with Crippen molar-refractivity contribution in [3.63, 3.8) is 0 Å². The Morgan fingerprint density at radius 3 is 2.50 bits per heavy atom. The molecule has 2 saturated heterocycles. The first-order chi connectivity index (χ1) is 20.9. The van der Waals surface area contributed by atoms with Crippen molar-refractivity contribution in [2.75, 3.05) is 56.8 Å². The molecule has 1 aromatic heterocycles. The Kier molecular flexibility index (Phi) is 8.28. The lowest BCUT2D eigenvalue weighted by molar-refractivity contribution is -0.200. The van der Waals surface area contributed by atoms with E-state index in [1.807, 2.05) is 6.07 Å². The van der Waals surface area contributed by atoms with E-state index >= 15 is 0 Å². The summed E-state index contributed by atoms with van der Waals surface area (Å²) in [7, 11) is -0.899. The van der Waals surface area contributed by atoms with E-state index in [1.165, 1.54) is 11.7 Å². The standard InChI is InChI=1S/C33H39F3N4O3S/c1-42-31-17-26(44(2,3)41)13-14-29(31)37-15-5-6-25-16-27-28(7-4-8-30(27)40(25)20-33(34,35)36)38-23-9-11-24(12-10-23)39-18-32(19-39)21-43-22-32/h4,7-8,13-14,16-17,23-24,37-38H,2,9-12,15,18-22H2,1,3H3. The lowest BCUT2D eigenvalue weighted by atomic mass is 9.75. The molecular weight excluding hydrogens is 589 g/mol. The number of anilines is 2. The summed E-state index contributed by atoms with van der Waals surface area (Å²) >= 11 is 0. The maximum absolute atomic E-state index is 13.7. The number of rotatable bonds is 8. The molecule has 44 heavy (non-hydrogen) atoms. The smallest absolute Gasteiger partial charge is 0.406 e. The fourth-order valence-corrected chi connectivity index (χ4v) is 7.39. The number of hydrogen-bond donors (Lipinski definition) is 2. The molecule has 6 rings (SSSR count). The van der Waals surface area contributed by atoms with Gasteiger partial charge in [0.2, 0.25) is 0 Å². The van der Waals surface area contributed by atoms with Crippen LogP contribution in [0.5, 0.6) is 5.75 Å². The SMILES string of the molecule is C=S(C)(=O)c1ccc(NCC#Cc2cc3c(NC4CCC(N5CC6(COC6)C5)CC4)cccc3n2CC(F)(F)F)c(OC)c1. The van der Waals surface area contributed by atoms with E-state index in [9.17, 15) is 17.4 Å². The maximum atomic E-state index is 13.7. The fraction of sp³-hybridized carbons (Fsp3) is 0.485. The molecule has 1 unspecified atom stereocenters. The molecule has 236 valence electrons. The van der Waals surface area contributed by atoms with E-state index in [2.05, 4.69) is 33.2 Å². The van der Waals surface area contributed by atoms with Crippen LogP contribution in [0.15, 0.2) is 47.4 Å². The highest BCUT2D eigenvalue weighted by molar-refractivity contribution is 7.99. The van der Waals surface area contributed by atoms with Crippen LogP contribution in [0, 0.1) is 17.3 Å². The van der Waals surface area contributed by atoms with E-state index < -0.39 is 22.2 Å². The average molecular weight is 629 g/mol. The fourth-order valence-electron chi connectivity index (χ4n) is 6.68. The summed E-state index contributed by atoms with van der Waals surface area (Å²) in [6.07, 6.45) is 1.44. The minimum atomic E-state index is -4.40. The molecule has 2 aromatic carbocycles. The van der Waals surface area contributed by atoms with Crippen molar-refractivity contribution in [1.29, 1.82) is 0 Å². The van der Waals surface area contributed by atoms with Crippen molar-refractivity contribution in [1.82, 2.24) is 9.47 Å². The third-order valence-electron chi connectivity index (χ3n) is 9.00. The first-order valence-corrected chi connectivity index (χ1v) is 17.1. The largest absolute Gasteiger partial charge is 0.495 e. The molecule has 3 aromatic rings. The van der Waals surface area contributed by atoms with Gasteiger partial charge in [0.15, 0.2) is 0 Å². The topological polar surface area (TPSA) is 67.8 Å². The molecule has 3 heterocycles. The van der Waals surface area contributed by atoms with Gasteiger partial charge in [-0.05, 0) is 83.4 Å². The number of alkyl halides is 3. The predicted octanol–water partition coefficient (Wildman–Crippen LogP) is 5.44. The summed E-state index contributed by atoms with van der Waals surface area (Å²) < 4.78 is 65.4. The number of aromatic nitrogens is 1. The molecule has 0 bridgehead atoms. The highest BCUT2D eigenvalue weighted by Gasteiger charge is 2.50. The van der Waals surface area contributed by atoms with Crippen molar-refractivity contribution in [2.45, 2.75) is 55.4 Å². The summed E-state index contributed by atoms with van der Waals surface area (Å²) in [5.74, 6) is 10.1. The number of nitrogens with one attached hydrogen (secondary N) is 2. The van der Waals surface area contributed by atoms with Crippen LogP contribution in [0.1, 0.15) is 31.4 Å². The Bertz CT molecular complexity index is 1690. The zero-order valence-electron chi connectivity index (χ0n) is 25.1. The number of fused-ring (bicyclic) bond motifs is 1. The Morgan fingerprint density at radius 1 is 1.11 bits per heavy atom. The second-order valence-electron chi connectivity index (χ2n) is 12.5. The number of nitrogens with zero attached hydrogens (tertiary/aromatic N) is 2. The Balaban J connectivity index is 1.16. The first-order valence-electron chi connectivity index (χ1n) is 14.9. The summed E-state index contributed by atoms with van der Waals surface area (Å²) in [5, 5.41) is 7.53.